The number of nitrogens with one attached hydrogen (secondary N) is 2. The predicted octanol–water partition coefficient (Wildman–Crippen LogP) is 5.67. The van der Waals surface area contributed by atoms with E-state index >= 15 is 0 Å². The molecule has 0 bridgehead atoms. The monoisotopic (exact) mass is 384 g/mol. The van der Waals surface area contributed by atoms with Crippen LogP contribution in [0.25, 0.3) is 22.4 Å². The first kappa shape index (κ1) is 18.1. The summed E-state index contributed by atoms with van der Waals surface area (Å²) in [5.74, 6) is 0. The average Bonchev–Trinajstić information content (AvgIpc) is 2.72. The van der Waals surface area contributed by atoms with Crippen LogP contribution in [0.15, 0.2) is 83.7 Å². The van der Waals surface area contributed by atoms with Crippen LogP contribution in [0.4, 0.5) is 0 Å². The Kier molecular flexibility index (Phi) is 5.04. The van der Waals surface area contributed by atoms with Crippen LogP contribution >= 0.6 is 12.2 Å². The molecular formula is C24H20N2OS. The molecule has 0 spiro atoms. The highest BCUT2D eigenvalue weighted by atomic mass is 32.1. The van der Waals surface area contributed by atoms with Gasteiger partial charge in [0, 0.05) is 12.0 Å². The third kappa shape index (κ3) is 3.73. The Morgan fingerprint density at radius 3 is 2.11 bits per heavy atom. The van der Waals surface area contributed by atoms with E-state index in [-0.39, 0.29) is 5.56 Å². The van der Waals surface area contributed by atoms with Gasteiger partial charge in [0.1, 0.15) is 0 Å². The van der Waals surface area contributed by atoms with Crippen molar-refractivity contribution in [2.45, 2.75) is 13.3 Å². The van der Waals surface area contributed by atoms with Crippen LogP contribution in [0.3, 0.4) is 0 Å². The molecule has 0 unspecified atom stereocenters. The van der Waals surface area contributed by atoms with E-state index in [1.807, 2.05) is 48.5 Å². The molecule has 1 aromatic heterocycles. The topological polar surface area (TPSA) is 48.6 Å². The van der Waals surface area contributed by atoms with Crippen molar-refractivity contribution in [3.63, 3.8) is 0 Å². The summed E-state index contributed by atoms with van der Waals surface area (Å²) in [6, 6.07) is 26.5. The van der Waals surface area contributed by atoms with Crippen molar-refractivity contribution in [2.24, 2.45) is 0 Å². The second-order valence-electron chi connectivity index (χ2n) is 6.81. The van der Waals surface area contributed by atoms with E-state index in [2.05, 4.69) is 47.2 Å². The molecule has 3 nitrogen and oxygen atoms in total. The van der Waals surface area contributed by atoms with Crippen LogP contribution in [0, 0.1) is 11.7 Å². The summed E-state index contributed by atoms with van der Waals surface area (Å²) < 4.78 is 0.336. The lowest BCUT2D eigenvalue weighted by molar-refractivity contribution is 1.01. The van der Waals surface area contributed by atoms with Crippen LogP contribution in [0.5, 0.6) is 0 Å². The minimum Gasteiger partial charge on any atom is -0.331 e. The van der Waals surface area contributed by atoms with Gasteiger partial charge < -0.3 is 4.98 Å². The van der Waals surface area contributed by atoms with Gasteiger partial charge in [-0.3, -0.25) is 9.78 Å². The Bertz CT molecular complexity index is 1220. The quantitative estimate of drug-likeness (QED) is 0.446. The molecule has 0 amide bonds. The highest BCUT2D eigenvalue weighted by Gasteiger charge is 2.13. The summed E-state index contributed by atoms with van der Waals surface area (Å²) in [7, 11) is 0. The molecule has 3 aromatic carbocycles. The smallest absolute Gasteiger partial charge is 0.255 e. The predicted molar refractivity (Wildman–Crippen MR) is 117 cm³/mol. The van der Waals surface area contributed by atoms with Crippen molar-refractivity contribution >= 4 is 12.2 Å². The highest BCUT2D eigenvalue weighted by Crippen LogP contribution is 2.26. The van der Waals surface area contributed by atoms with E-state index in [1.165, 1.54) is 0 Å². The molecule has 2 N–H and O–H groups in total. The standard InChI is InChI=1S/C24H20N2OS/c1-16-12-13-19(17-8-4-2-5-9-17)14-20(16)15-21-22(18-10-6-3-7-11-18)25-24(28)26-23(21)27/h2-14H,15H2,1H3,(H2,25,26,27,28). The lowest BCUT2D eigenvalue weighted by Crippen LogP contribution is -2.17. The van der Waals surface area contributed by atoms with Crippen molar-refractivity contribution in [3.8, 4) is 22.4 Å². The molecule has 138 valence electrons. The summed E-state index contributed by atoms with van der Waals surface area (Å²) >= 11 is 5.21. The van der Waals surface area contributed by atoms with Crippen LogP contribution in [-0.2, 0) is 6.42 Å². The van der Waals surface area contributed by atoms with Gasteiger partial charge in [0.2, 0.25) is 0 Å². The number of hydrogen-bond donors (Lipinski definition) is 2. The van der Waals surface area contributed by atoms with Gasteiger partial charge in [-0.05, 0) is 47.0 Å². The zero-order valence-electron chi connectivity index (χ0n) is 15.5. The molecule has 0 radical (unpaired) electrons. The normalized spacial score (nSPS) is 10.8. The van der Waals surface area contributed by atoms with E-state index in [4.69, 9.17) is 12.2 Å². The Hall–Kier alpha value is -3.24. The maximum Gasteiger partial charge on any atom is 0.255 e. The molecule has 4 heteroatoms. The number of hydrogen-bond acceptors (Lipinski definition) is 2. The second kappa shape index (κ2) is 7.79. The van der Waals surface area contributed by atoms with Crippen molar-refractivity contribution in [1.82, 2.24) is 9.97 Å². The third-order valence-corrected chi connectivity index (χ3v) is 5.13. The molecule has 28 heavy (non-hydrogen) atoms. The highest BCUT2D eigenvalue weighted by molar-refractivity contribution is 7.71. The summed E-state index contributed by atoms with van der Waals surface area (Å²) in [5.41, 5.74) is 6.84. The fraction of sp³-hybridized carbons (Fsp3) is 0.0833. The van der Waals surface area contributed by atoms with Crippen LogP contribution in [0.2, 0.25) is 0 Å². The summed E-state index contributed by atoms with van der Waals surface area (Å²) in [5, 5.41) is 0. The molecule has 0 aliphatic rings. The van der Waals surface area contributed by atoms with Gasteiger partial charge in [0.05, 0.1) is 5.69 Å². The van der Waals surface area contributed by atoms with Crippen LogP contribution in [-0.4, -0.2) is 9.97 Å². The number of benzene rings is 3. The number of rotatable bonds is 4. The van der Waals surface area contributed by atoms with E-state index in [0.29, 0.717) is 16.8 Å². The van der Waals surface area contributed by atoms with Crippen molar-refractivity contribution < 1.29 is 0 Å². The Morgan fingerprint density at radius 1 is 0.786 bits per heavy atom. The largest absolute Gasteiger partial charge is 0.331 e. The fourth-order valence-electron chi connectivity index (χ4n) is 3.39. The zero-order chi connectivity index (χ0) is 19.5. The lowest BCUT2D eigenvalue weighted by atomic mass is 9.94. The summed E-state index contributed by atoms with van der Waals surface area (Å²) in [6.45, 7) is 2.08. The molecule has 1 heterocycles. The number of aromatic nitrogens is 2. The molecule has 0 fully saturated rings. The average molecular weight is 385 g/mol. The van der Waals surface area contributed by atoms with E-state index < -0.39 is 0 Å². The summed E-state index contributed by atoms with van der Waals surface area (Å²) in [6.07, 6.45) is 0.526. The molecular weight excluding hydrogens is 364 g/mol. The van der Waals surface area contributed by atoms with Crippen molar-refractivity contribution in [3.05, 3.63) is 111 Å². The molecule has 0 saturated heterocycles. The molecule has 0 saturated carbocycles. The number of aromatic amines is 2. The zero-order valence-corrected chi connectivity index (χ0v) is 16.3. The SMILES string of the molecule is Cc1ccc(-c2ccccc2)cc1Cc1c(-c2ccccc2)[nH]c(=S)[nH]c1=O. The van der Waals surface area contributed by atoms with Crippen LogP contribution < -0.4 is 5.56 Å². The Labute approximate surface area is 168 Å². The van der Waals surface area contributed by atoms with Gasteiger partial charge in [-0.15, -0.1) is 0 Å². The molecule has 0 atom stereocenters. The van der Waals surface area contributed by atoms with Crippen molar-refractivity contribution in [2.75, 3.05) is 0 Å². The second-order valence-corrected chi connectivity index (χ2v) is 7.22. The summed E-state index contributed by atoms with van der Waals surface area (Å²) in [4.78, 5) is 18.7. The van der Waals surface area contributed by atoms with Gasteiger partial charge in [0.25, 0.3) is 5.56 Å². The molecule has 4 aromatic rings. The van der Waals surface area contributed by atoms with Gasteiger partial charge in [0.15, 0.2) is 4.77 Å². The lowest BCUT2D eigenvalue weighted by Gasteiger charge is -2.12. The number of H-pyrrole nitrogens is 2. The van der Waals surface area contributed by atoms with E-state index in [0.717, 1.165) is 33.5 Å². The Balaban J connectivity index is 1.82. The first-order chi connectivity index (χ1) is 13.6. The first-order valence-corrected chi connectivity index (χ1v) is 9.58. The van der Waals surface area contributed by atoms with Gasteiger partial charge in [-0.2, -0.15) is 0 Å². The van der Waals surface area contributed by atoms with Crippen molar-refractivity contribution in [1.29, 1.82) is 0 Å². The maximum atomic E-state index is 12.8. The fourth-order valence-corrected chi connectivity index (χ4v) is 3.59. The van der Waals surface area contributed by atoms with Gasteiger partial charge >= 0.3 is 0 Å². The maximum absolute atomic E-state index is 12.8. The minimum absolute atomic E-state index is 0.146. The molecule has 0 aliphatic heterocycles. The molecule has 0 aliphatic carbocycles. The van der Waals surface area contributed by atoms with Gasteiger partial charge in [-0.1, -0.05) is 78.9 Å². The van der Waals surface area contributed by atoms with E-state index in [9.17, 15) is 4.79 Å². The van der Waals surface area contributed by atoms with Crippen LogP contribution in [0.1, 0.15) is 16.7 Å². The third-order valence-electron chi connectivity index (χ3n) is 4.93. The minimum atomic E-state index is -0.146. The molecule has 4 rings (SSSR count). The Morgan fingerprint density at radius 2 is 1.43 bits per heavy atom. The number of aryl methyl sites for hydroxylation is 1. The van der Waals surface area contributed by atoms with E-state index in [1.54, 1.807) is 0 Å². The first-order valence-electron chi connectivity index (χ1n) is 9.17. The van der Waals surface area contributed by atoms with Gasteiger partial charge in [-0.25, -0.2) is 0 Å².